The second-order valence-electron chi connectivity index (χ2n) is 9.44. The summed E-state index contributed by atoms with van der Waals surface area (Å²) >= 11 is 0. The summed E-state index contributed by atoms with van der Waals surface area (Å²) in [5.74, 6) is -2.25. The van der Waals surface area contributed by atoms with E-state index in [2.05, 4.69) is 25.9 Å². The molecule has 2 aromatic heterocycles. The molecule has 0 unspecified atom stereocenters. The van der Waals surface area contributed by atoms with Gasteiger partial charge in [0.05, 0.1) is 29.2 Å². The number of primary amides is 1. The van der Waals surface area contributed by atoms with Crippen molar-refractivity contribution in [1.29, 1.82) is 0 Å². The molecule has 0 aliphatic heterocycles. The molecule has 2 heterocycles. The lowest BCUT2D eigenvalue weighted by atomic mass is 10.0. The molecule has 0 spiro atoms. The molecule has 2 aromatic rings. The molecule has 9 nitrogen and oxygen atoms in total. The first-order chi connectivity index (χ1) is 15.8. The highest BCUT2D eigenvalue weighted by atomic mass is 19.1. The first kappa shape index (κ1) is 25.1. The molecule has 1 aliphatic rings. The zero-order valence-electron chi connectivity index (χ0n) is 19.8. The summed E-state index contributed by atoms with van der Waals surface area (Å²) < 4.78 is 34.1. The minimum Gasteiger partial charge on any atom is -0.444 e. The maximum atomic E-state index is 14.9. The molecule has 1 fully saturated rings. The SMILES string of the molecule is Cc1ncc(Nc2nc(N[C@H](C3CC3)[C@H](C)NC(=O)OC(C)(C)C)c(F)cc2C(N)=O)cc1F. The zero-order chi connectivity index (χ0) is 25.2. The molecule has 2 atom stereocenters. The first-order valence-electron chi connectivity index (χ1n) is 11.0. The van der Waals surface area contributed by atoms with Gasteiger partial charge >= 0.3 is 6.09 Å². The predicted molar refractivity (Wildman–Crippen MR) is 124 cm³/mol. The largest absolute Gasteiger partial charge is 0.444 e. The van der Waals surface area contributed by atoms with Crippen molar-refractivity contribution in [2.24, 2.45) is 11.7 Å². The number of anilines is 3. The van der Waals surface area contributed by atoms with Crippen LogP contribution in [0.5, 0.6) is 0 Å². The monoisotopic (exact) mass is 476 g/mol. The molecule has 0 aromatic carbocycles. The van der Waals surface area contributed by atoms with Crippen LogP contribution in [0.2, 0.25) is 0 Å². The molecular formula is C23H30F2N6O3. The Morgan fingerprint density at radius 2 is 1.85 bits per heavy atom. The number of pyridine rings is 2. The fourth-order valence-electron chi connectivity index (χ4n) is 3.43. The summed E-state index contributed by atoms with van der Waals surface area (Å²) in [6.45, 7) is 8.58. The number of halogens is 2. The van der Waals surface area contributed by atoms with Gasteiger partial charge in [-0.2, -0.15) is 0 Å². The van der Waals surface area contributed by atoms with Crippen molar-refractivity contribution in [3.63, 3.8) is 0 Å². The number of aryl methyl sites for hydroxylation is 1. The number of carbonyl (C=O) groups excluding carboxylic acids is 2. The summed E-state index contributed by atoms with van der Waals surface area (Å²) in [5, 5.41) is 8.62. The van der Waals surface area contributed by atoms with E-state index in [1.54, 1.807) is 27.7 Å². The zero-order valence-corrected chi connectivity index (χ0v) is 19.8. The number of ether oxygens (including phenoxy) is 1. The number of nitrogens with one attached hydrogen (secondary N) is 3. The fourth-order valence-corrected chi connectivity index (χ4v) is 3.43. The molecule has 11 heteroatoms. The lowest BCUT2D eigenvalue weighted by Gasteiger charge is -2.28. The topological polar surface area (TPSA) is 131 Å². The van der Waals surface area contributed by atoms with Gasteiger partial charge in [0, 0.05) is 12.1 Å². The third-order valence-corrected chi connectivity index (χ3v) is 5.25. The van der Waals surface area contributed by atoms with Crippen LogP contribution >= 0.6 is 0 Å². The van der Waals surface area contributed by atoms with Crippen molar-refractivity contribution >= 4 is 29.3 Å². The number of carbonyl (C=O) groups is 2. The number of alkyl carbamates (subject to hydrolysis) is 1. The Balaban J connectivity index is 1.85. The Bertz CT molecular complexity index is 1090. The van der Waals surface area contributed by atoms with Gasteiger partial charge in [-0.25, -0.2) is 18.6 Å². The van der Waals surface area contributed by atoms with Crippen molar-refractivity contribution in [2.45, 2.75) is 65.1 Å². The van der Waals surface area contributed by atoms with E-state index < -0.39 is 35.3 Å². The predicted octanol–water partition coefficient (Wildman–Crippen LogP) is 4.01. The Kier molecular flexibility index (Phi) is 7.23. The van der Waals surface area contributed by atoms with Crippen molar-refractivity contribution < 1.29 is 23.1 Å². The van der Waals surface area contributed by atoms with E-state index in [-0.39, 0.29) is 40.5 Å². The maximum Gasteiger partial charge on any atom is 0.407 e. The van der Waals surface area contributed by atoms with E-state index in [1.807, 2.05) is 0 Å². The van der Waals surface area contributed by atoms with E-state index in [0.29, 0.717) is 0 Å². The highest BCUT2D eigenvalue weighted by Gasteiger charge is 2.37. The quantitative estimate of drug-likeness (QED) is 0.453. The molecule has 0 radical (unpaired) electrons. The van der Waals surface area contributed by atoms with Gasteiger partial charge < -0.3 is 26.4 Å². The van der Waals surface area contributed by atoms with Gasteiger partial charge in [0.25, 0.3) is 5.91 Å². The standard InChI is InChI=1S/C23H30F2N6O3/c1-11-16(24)8-14(10-27-11)29-20-15(19(26)32)9-17(25)21(31-20)30-18(13-6-7-13)12(2)28-22(33)34-23(3,4)5/h8-10,12-13,18H,6-7H2,1-5H3,(H2,26,32)(H,28,33)(H2,29,30,31)/t12-,18-/m0/s1. The Morgan fingerprint density at radius 3 is 2.41 bits per heavy atom. The van der Waals surface area contributed by atoms with Crippen LogP contribution in [0.1, 0.15) is 56.6 Å². The van der Waals surface area contributed by atoms with Gasteiger partial charge in [0.15, 0.2) is 11.6 Å². The average Bonchev–Trinajstić information content (AvgIpc) is 3.54. The van der Waals surface area contributed by atoms with Gasteiger partial charge in [-0.1, -0.05) is 0 Å². The van der Waals surface area contributed by atoms with E-state index in [1.165, 1.54) is 19.2 Å². The summed E-state index contributed by atoms with van der Waals surface area (Å²) in [7, 11) is 0. The maximum absolute atomic E-state index is 14.9. The van der Waals surface area contributed by atoms with Crippen molar-refractivity contribution in [2.75, 3.05) is 10.6 Å². The van der Waals surface area contributed by atoms with Gasteiger partial charge in [0.1, 0.15) is 17.2 Å². The number of nitrogens with two attached hydrogens (primary N) is 1. The third-order valence-electron chi connectivity index (χ3n) is 5.25. The van der Waals surface area contributed by atoms with Crippen molar-refractivity contribution in [3.8, 4) is 0 Å². The minimum absolute atomic E-state index is 0.0521. The van der Waals surface area contributed by atoms with Gasteiger partial charge in [-0.05, 0) is 59.4 Å². The molecule has 34 heavy (non-hydrogen) atoms. The molecule has 5 N–H and O–H groups in total. The van der Waals surface area contributed by atoms with Crippen LogP contribution in [0.4, 0.5) is 30.9 Å². The molecule has 0 bridgehead atoms. The molecule has 184 valence electrons. The van der Waals surface area contributed by atoms with E-state index in [4.69, 9.17) is 10.5 Å². The summed E-state index contributed by atoms with van der Waals surface area (Å²) in [6, 6.07) is 1.39. The van der Waals surface area contributed by atoms with Crippen LogP contribution in [0.25, 0.3) is 0 Å². The van der Waals surface area contributed by atoms with Crippen molar-refractivity contribution in [1.82, 2.24) is 15.3 Å². The highest BCUT2D eigenvalue weighted by molar-refractivity contribution is 5.98. The highest BCUT2D eigenvalue weighted by Crippen LogP contribution is 2.36. The van der Waals surface area contributed by atoms with Crippen LogP contribution < -0.4 is 21.7 Å². The average molecular weight is 477 g/mol. The summed E-state index contributed by atoms with van der Waals surface area (Å²) in [6.07, 6.45) is 2.58. The smallest absolute Gasteiger partial charge is 0.407 e. The Hall–Kier alpha value is -3.50. The van der Waals surface area contributed by atoms with Gasteiger partial charge in [-0.3, -0.25) is 9.78 Å². The fraction of sp³-hybridized carbons (Fsp3) is 0.478. The lowest BCUT2D eigenvalue weighted by molar-refractivity contribution is 0.0501. The van der Waals surface area contributed by atoms with Gasteiger partial charge in [-0.15, -0.1) is 0 Å². The van der Waals surface area contributed by atoms with Crippen molar-refractivity contribution in [3.05, 3.63) is 41.2 Å². The molecule has 0 saturated heterocycles. The van der Waals surface area contributed by atoms with E-state index in [0.717, 1.165) is 18.9 Å². The molecule has 1 saturated carbocycles. The van der Waals surface area contributed by atoms with E-state index >= 15 is 0 Å². The molecular weight excluding hydrogens is 446 g/mol. The molecule has 2 amide bonds. The first-order valence-corrected chi connectivity index (χ1v) is 11.0. The summed E-state index contributed by atoms with van der Waals surface area (Å²) in [4.78, 5) is 32.2. The van der Waals surface area contributed by atoms with Crippen LogP contribution in [0, 0.1) is 24.5 Å². The number of hydrogen-bond donors (Lipinski definition) is 4. The lowest BCUT2D eigenvalue weighted by Crippen LogP contribution is -2.47. The molecule has 3 rings (SSSR count). The number of hydrogen-bond acceptors (Lipinski definition) is 7. The second-order valence-corrected chi connectivity index (χ2v) is 9.44. The number of amides is 2. The number of rotatable bonds is 8. The van der Waals surface area contributed by atoms with Crippen LogP contribution in [-0.4, -0.2) is 39.7 Å². The Morgan fingerprint density at radius 1 is 1.18 bits per heavy atom. The molecule has 1 aliphatic carbocycles. The second kappa shape index (κ2) is 9.78. The van der Waals surface area contributed by atoms with Crippen LogP contribution in [0.3, 0.4) is 0 Å². The number of nitrogens with zero attached hydrogens (tertiary/aromatic N) is 2. The van der Waals surface area contributed by atoms with Gasteiger partial charge in [0.2, 0.25) is 0 Å². The summed E-state index contributed by atoms with van der Waals surface area (Å²) in [5.41, 5.74) is 4.96. The third kappa shape index (κ3) is 6.52. The van der Waals surface area contributed by atoms with Crippen LogP contribution in [0.15, 0.2) is 18.3 Å². The number of aromatic nitrogens is 2. The minimum atomic E-state index is -0.903. The Labute approximate surface area is 196 Å². The van der Waals surface area contributed by atoms with Crippen LogP contribution in [-0.2, 0) is 4.74 Å². The van der Waals surface area contributed by atoms with E-state index in [9.17, 15) is 18.4 Å². The normalized spacial score (nSPS) is 15.3.